The van der Waals surface area contributed by atoms with Crippen LogP contribution in [0.25, 0.3) is 0 Å². The molecule has 0 N–H and O–H groups in total. The lowest BCUT2D eigenvalue weighted by molar-refractivity contribution is -0.143. The molecule has 4 heteroatoms. The van der Waals surface area contributed by atoms with Crippen molar-refractivity contribution in [2.24, 2.45) is 0 Å². The van der Waals surface area contributed by atoms with Crippen molar-refractivity contribution < 1.29 is 14.3 Å². The quantitative estimate of drug-likeness (QED) is 0.383. The molecule has 62 valence electrons. The van der Waals surface area contributed by atoms with E-state index in [9.17, 15) is 9.59 Å². The van der Waals surface area contributed by atoms with Gasteiger partial charge >= 0.3 is 5.97 Å². The highest BCUT2D eigenvalue weighted by molar-refractivity contribution is 7.96. The van der Waals surface area contributed by atoms with Gasteiger partial charge in [0.15, 0.2) is 5.12 Å². The monoisotopic (exact) mass is 174 g/mol. The van der Waals surface area contributed by atoms with Crippen molar-refractivity contribution in [2.45, 2.75) is 12.8 Å². The van der Waals surface area contributed by atoms with Crippen LogP contribution in [0.2, 0.25) is 0 Å². The maximum Gasteiger partial charge on any atom is 0.306 e. The molecule has 0 saturated carbocycles. The van der Waals surface area contributed by atoms with Gasteiger partial charge < -0.3 is 4.74 Å². The molecular formula is C7H10O3S. The molecule has 0 bridgehead atoms. The van der Waals surface area contributed by atoms with Gasteiger partial charge in [0.05, 0.1) is 6.42 Å². The Morgan fingerprint density at radius 1 is 1.45 bits per heavy atom. The van der Waals surface area contributed by atoms with Crippen LogP contribution in [-0.4, -0.2) is 17.7 Å². The summed E-state index contributed by atoms with van der Waals surface area (Å²) in [4.78, 5) is 20.9. The predicted octanol–water partition coefficient (Wildman–Crippen LogP) is 0.952. The van der Waals surface area contributed by atoms with Crippen LogP contribution in [0.4, 0.5) is 0 Å². The highest BCUT2D eigenvalue weighted by atomic mass is 32.1. The van der Waals surface area contributed by atoms with Crippen molar-refractivity contribution in [3.63, 3.8) is 0 Å². The van der Waals surface area contributed by atoms with Gasteiger partial charge in [0.25, 0.3) is 0 Å². The summed E-state index contributed by atoms with van der Waals surface area (Å²) in [5.74, 6) is -0.396. The number of hydrogen-bond donors (Lipinski definition) is 1. The third kappa shape index (κ3) is 7.12. The highest BCUT2D eigenvalue weighted by Gasteiger charge is 2.03. The van der Waals surface area contributed by atoms with E-state index >= 15 is 0 Å². The van der Waals surface area contributed by atoms with Gasteiger partial charge in [-0.25, -0.2) is 0 Å². The first kappa shape index (κ1) is 10.2. The van der Waals surface area contributed by atoms with Gasteiger partial charge in [0.1, 0.15) is 6.61 Å². The number of ether oxygens (including phenoxy) is 1. The first-order valence-electron chi connectivity index (χ1n) is 3.15. The summed E-state index contributed by atoms with van der Waals surface area (Å²) in [6, 6.07) is 0. The Hall–Kier alpha value is -0.770. The molecule has 0 spiro atoms. The van der Waals surface area contributed by atoms with Crippen molar-refractivity contribution in [3.05, 3.63) is 12.7 Å². The van der Waals surface area contributed by atoms with Crippen molar-refractivity contribution in [1.29, 1.82) is 0 Å². The van der Waals surface area contributed by atoms with E-state index in [-0.39, 0.29) is 24.6 Å². The summed E-state index contributed by atoms with van der Waals surface area (Å²) < 4.78 is 4.60. The van der Waals surface area contributed by atoms with Gasteiger partial charge in [-0.15, -0.1) is 12.6 Å². The molecule has 0 fully saturated rings. The van der Waals surface area contributed by atoms with Crippen molar-refractivity contribution in [1.82, 2.24) is 0 Å². The van der Waals surface area contributed by atoms with Gasteiger partial charge in [0, 0.05) is 6.42 Å². The van der Waals surface area contributed by atoms with E-state index in [1.807, 2.05) is 0 Å². The molecule has 0 radical (unpaired) electrons. The zero-order valence-corrected chi connectivity index (χ0v) is 6.97. The van der Waals surface area contributed by atoms with E-state index in [4.69, 9.17) is 0 Å². The average molecular weight is 174 g/mol. The lowest BCUT2D eigenvalue weighted by atomic mass is 10.3. The van der Waals surface area contributed by atoms with Crippen LogP contribution < -0.4 is 0 Å². The number of esters is 1. The minimum absolute atomic E-state index is 0.0934. The Bertz CT molecular complexity index is 165. The van der Waals surface area contributed by atoms with E-state index in [0.717, 1.165) is 0 Å². The third-order valence-electron chi connectivity index (χ3n) is 0.905. The van der Waals surface area contributed by atoms with Crippen molar-refractivity contribution in [3.8, 4) is 0 Å². The van der Waals surface area contributed by atoms with Gasteiger partial charge in [-0.1, -0.05) is 12.7 Å². The van der Waals surface area contributed by atoms with Crippen LogP contribution in [-0.2, 0) is 14.3 Å². The Morgan fingerprint density at radius 2 is 2.09 bits per heavy atom. The van der Waals surface area contributed by atoms with Gasteiger partial charge in [-0.2, -0.15) is 0 Å². The van der Waals surface area contributed by atoms with E-state index in [0.29, 0.717) is 0 Å². The first-order valence-corrected chi connectivity index (χ1v) is 3.60. The lowest BCUT2D eigenvalue weighted by Gasteiger charge is -1.98. The molecule has 0 aromatic heterocycles. The predicted molar refractivity (Wildman–Crippen MR) is 44.4 cm³/mol. The van der Waals surface area contributed by atoms with Gasteiger partial charge in [0.2, 0.25) is 0 Å². The molecule has 0 aromatic carbocycles. The molecule has 0 saturated heterocycles. The molecule has 0 atom stereocenters. The molecule has 3 nitrogen and oxygen atoms in total. The second-order valence-electron chi connectivity index (χ2n) is 1.87. The SMILES string of the molecule is C=CCOC(=O)CCC(=O)S. The fourth-order valence-corrected chi connectivity index (χ4v) is 0.545. The van der Waals surface area contributed by atoms with Crippen LogP contribution in [0.1, 0.15) is 12.8 Å². The first-order chi connectivity index (χ1) is 5.16. The largest absolute Gasteiger partial charge is 0.461 e. The number of carbonyl (C=O) groups is 2. The topological polar surface area (TPSA) is 43.4 Å². The fourth-order valence-electron chi connectivity index (χ4n) is 0.433. The standard InChI is InChI=1S/C7H10O3S/c1-2-5-10-6(8)3-4-7(9)11/h2H,1,3-5H2,(H,9,11). The summed E-state index contributed by atoms with van der Waals surface area (Å²) in [5, 5.41) is -0.305. The zero-order valence-electron chi connectivity index (χ0n) is 6.08. The van der Waals surface area contributed by atoms with Gasteiger partial charge in [-0.3, -0.25) is 9.59 Å². The molecule has 0 unspecified atom stereocenters. The molecule has 0 heterocycles. The van der Waals surface area contributed by atoms with Crippen LogP contribution >= 0.6 is 12.6 Å². The fraction of sp³-hybridized carbons (Fsp3) is 0.429. The summed E-state index contributed by atoms with van der Waals surface area (Å²) in [6.07, 6.45) is 1.69. The lowest BCUT2D eigenvalue weighted by Crippen LogP contribution is -2.05. The Kier molecular flexibility index (Phi) is 5.56. The van der Waals surface area contributed by atoms with Crippen LogP contribution in [0.15, 0.2) is 12.7 Å². The number of thiol groups is 1. The van der Waals surface area contributed by atoms with E-state index in [2.05, 4.69) is 23.9 Å². The average Bonchev–Trinajstić information content (AvgIpc) is 1.97. The second kappa shape index (κ2) is 5.97. The molecule has 0 aliphatic carbocycles. The minimum Gasteiger partial charge on any atom is -0.461 e. The molecule has 0 amide bonds. The summed E-state index contributed by atoms with van der Waals surface area (Å²) in [7, 11) is 0. The van der Waals surface area contributed by atoms with Crippen molar-refractivity contribution >= 4 is 23.7 Å². The zero-order chi connectivity index (χ0) is 8.69. The maximum atomic E-state index is 10.7. The summed E-state index contributed by atoms with van der Waals surface area (Å²) in [5.41, 5.74) is 0. The molecular weight excluding hydrogens is 164 g/mol. The third-order valence-corrected chi connectivity index (χ3v) is 1.13. The summed E-state index contributed by atoms with van der Waals surface area (Å²) in [6.45, 7) is 3.56. The molecule has 0 aromatic rings. The molecule has 0 aliphatic heterocycles. The Balaban J connectivity index is 3.37. The van der Waals surface area contributed by atoms with Crippen LogP contribution in [0.3, 0.4) is 0 Å². The van der Waals surface area contributed by atoms with Gasteiger partial charge in [-0.05, 0) is 0 Å². The normalized spacial score (nSPS) is 8.82. The second-order valence-corrected chi connectivity index (χ2v) is 2.36. The molecule has 0 aliphatic rings. The van der Waals surface area contributed by atoms with E-state index in [1.165, 1.54) is 6.08 Å². The van der Waals surface area contributed by atoms with Crippen molar-refractivity contribution in [2.75, 3.05) is 6.61 Å². The number of carbonyl (C=O) groups excluding carboxylic acids is 2. The number of rotatable bonds is 5. The van der Waals surface area contributed by atoms with Crippen LogP contribution in [0.5, 0.6) is 0 Å². The molecule has 0 rings (SSSR count). The minimum atomic E-state index is -0.396. The number of hydrogen-bond acceptors (Lipinski definition) is 3. The maximum absolute atomic E-state index is 10.7. The Morgan fingerprint density at radius 3 is 2.55 bits per heavy atom. The van der Waals surface area contributed by atoms with E-state index in [1.54, 1.807) is 0 Å². The smallest absolute Gasteiger partial charge is 0.306 e. The molecule has 11 heavy (non-hydrogen) atoms. The van der Waals surface area contributed by atoms with E-state index < -0.39 is 5.97 Å². The highest BCUT2D eigenvalue weighted by Crippen LogP contribution is 1.96. The Labute approximate surface area is 70.8 Å². The summed E-state index contributed by atoms with van der Waals surface area (Å²) >= 11 is 3.50. The van der Waals surface area contributed by atoms with Crippen LogP contribution in [0, 0.1) is 0 Å².